The molecule has 2 nitrogen and oxygen atoms in total. The zero-order valence-corrected chi connectivity index (χ0v) is 8.50. The minimum Gasteiger partial charge on any atom is -0.163 e. The molecule has 0 amide bonds. The first-order valence-corrected chi connectivity index (χ1v) is 5.85. The molecule has 0 N–H and O–H groups in total. The van der Waals surface area contributed by atoms with Gasteiger partial charge in [-0.2, -0.15) is 8.42 Å². The lowest BCUT2D eigenvalue weighted by Crippen LogP contribution is -1.98. The van der Waals surface area contributed by atoms with E-state index in [1.165, 1.54) is 0 Å². The van der Waals surface area contributed by atoms with Crippen molar-refractivity contribution in [1.29, 1.82) is 0 Å². The Labute approximate surface area is 76.6 Å². The van der Waals surface area contributed by atoms with Gasteiger partial charge in [0.1, 0.15) is 4.90 Å². The van der Waals surface area contributed by atoms with Crippen LogP contribution in [0, 0.1) is 24.5 Å². The summed E-state index contributed by atoms with van der Waals surface area (Å²) in [5.41, 5.74) is 1.61. The highest BCUT2D eigenvalue weighted by Gasteiger charge is 2.20. The summed E-state index contributed by atoms with van der Waals surface area (Å²) in [6.07, 6.45) is 0. The Morgan fingerprint density at radius 3 is 2.25 bits per heavy atom. The van der Waals surface area contributed by atoms with Gasteiger partial charge < -0.3 is 0 Å². The standard InChI is InChI=1S/C8H10ClO2S/c1-6-3-4-7(2)8(5-6)12(9,10)11/h3-5,9H,1-2H3/q+1. The molecule has 0 aliphatic carbocycles. The smallest absolute Gasteiger partial charge is 0.163 e. The van der Waals surface area contributed by atoms with Gasteiger partial charge >= 0.3 is 9.05 Å². The highest BCUT2D eigenvalue weighted by atomic mass is 35.7. The Hall–Kier alpha value is -0.540. The molecule has 0 bridgehead atoms. The van der Waals surface area contributed by atoms with E-state index in [0.717, 1.165) is 5.56 Å². The predicted molar refractivity (Wildman–Crippen MR) is 44.5 cm³/mol. The molecule has 0 aliphatic rings. The van der Waals surface area contributed by atoms with E-state index < -0.39 is 9.05 Å². The summed E-state index contributed by atoms with van der Waals surface area (Å²) >= 11 is 0. The summed E-state index contributed by atoms with van der Waals surface area (Å²) in [4.78, 5) is 0.248. The molecular weight excluding hydrogens is 196 g/mol. The molecule has 0 saturated carbocycles. The van der Waals surface area contributed by atoms with E-state index in [1.54, 1.807) is 19.1 Å². The van der Waals surface area contributed by atoms with E-state index in [1.807, 2.05) is 13.0 Å². The average molecular weight is 206 g/mol. The maximum Gasteiger partial charge on any atom is 0.409 e. The first-order chi connectivity index (χ1) is 5.41. The number of aryl methyl sites for hydroxylation is 2. The van der Waals surface area contributed by atoms with Crippen molar-refractivity contribution >= 4 is 9.05 Å². The van der Waals surface area contributed by atoms with Gasteiger partial charge in [0.15, 0.2) is 0 Å². The van der Waals surface area contributed by atoms with Crippen molar-refractivity contribution in [3.63, 3.8) is 0 Å². The van der Waals surface area contributed by atoms with Crippen molar-refractivity contribution < 1.29 is 19.1 Å². The zero-order chi connectivity index (χ0) is 9.35. The lowest BCUT2D eigenvalue weighted by molar-refractivity contribution is -0.165. The highest BCUT2D eigenvalue weighted by molar-refractivity contribution is 7.84. The molecule has 12 heavy (non-hydrogen) atoms. The van der Waals surface area contributed by atoms with Crippen molar-refractivity contribution in [2.75, 3.05) is 0 Å². The predicted octanol–water partition coefficient (Wildman–Crippen LogP) is 1.27. The van der Waals surface area contributed by atoms with Crippen molar-refractivity contribution in [3.05, 3.63) is 29.3 Å². The van der Waals surface area contributed by atoms with E-state index in [-0.39, 0.29) is 4.90 Å². The second-order valence-corrected chi connectivity index (χ2v) is 5.39. The Kier molecular flexibility index (Phi) is 2.44. The van der Waals surface area contributed by atoms with Crippen molar-refractivity contribution in [3.8, 4) is 0 Å². The van der Waals surface area contributed by atoms with Gasteiger partial charge in [0.25, 0.3) is 10.7 Å². The van der Waals surface area contributed by atoms with Gasteiger partial charge in [-0.25, -0.2) is 0 Å². The maximum absolute atomic E-state index is 11.0. The van der Waals surface area contributed by atoms with Crippen LogP contribution in [0.15, 0.2) is 23.1 Å². The minimum absolute atomic E-state index is 0.248. The van der Waals surface area contributed by atoms with Gasteiger partial charge in [-0.05, 0) is 31.0 Å². The molecule has 1 aromatic rings. The molecule has 0 aliphatic heterocycles. The van der Waals surface area contributed by atoms with Crippen molar-refractivity contribution in [2.24, 2.45) is 0 Å². The molecule has 0 aromatic heterocycles. The van der Waals surface area contributed by atoms with E-state index in [4.69, 9.17) is 0 Å². The second kappa shape index (κ2) is 3.07. The number of hydrogen-bond donors (Lipinski definition) is 0. The Bertz CT molecular complexity index is 396. The van der Waals surface area contributed by atoms with E-state index >= 15 is 0 Å². The lowest BCUT2D eigenvalue weighted by atomic mass is 10.2. The number of rotatable bonds is 1. The maximum atomic E-state index is 11.0. The fourth-order valence-corrected chi connectivity index (χ4v) is 2.31. The summed E-state index contributed by atoms with van der Waals surface area (Å²) in [7, 11) is 0.898. The second-order valence-electron chi connectivity index (χ2n) is 2.72. The number of hydrogen-bond acceptors (Lipinski definition) is 2. The molecule has 0 unspecified atom stereocenters. The first kappa shape index (κ1) is 9.55. The third-order valence-corrected chi connectivity index (χ3v) is 3.13. The van der Waals surface area contributed by atoms with Crippen LogP contribution in [-0.2, 0) is 9.05 Å². The van der Waals surface area contributed by atoms with Crippen molar-refractivity contribution in [1.82, 2.24) is 0 Å². The third-order valence-electron chi connectivity index (χ3n) is 1.61. The highest BCUT2D eigenvalue weighted by Crippen LogP contribution is 2.16. The molecule has 0 heterocycles. The largest absolute Gasteiger partial charge is 0.409 e. The Morgan fingerprint density at radius 1 is 1.25 bits per heavy atom. The average Bonchev–Trinajstić information content (AvgIpc) is 1.92. The van der Waals surface area contributed by atoms with Crippen LogP contribution >= 0.6 is 0 Å². The summed E-state index contributed by atoms with van der Waals surface area (Å²) in [6, 6.07) is 5.21. The normalized spacial score (nSPS) is 11.6. The zero-order valence-electron chi connectivity index (χ0n) is 6.87. The molecule has 0 fully saturated rings. The first-order valence-electron chi connectivity index (χ1n) is 3.44. The van der Waals surface area contributed by atoms with E-state index in [0.29, 0.717) is 5.56 Å². The van der Waals surface area contributed by atoms with Crippen LogP contribution in [0.1, 0.15) is 11.1 Å². The monoisotopic (exact) mass is 205 g/mol. The summed E-state index contributed by atoms with van der Waals surface area (Å²) < 4.78 is 22.0. The summed E-state index contributed by atoms with van der Waals surface area (Å²) in [5, 5.41) is 0. The number of halogens is 1. The molecular formula is C8H10ClO2S+. The summed E-state index contributed by atoms with van der Waals surface area (Å²) in [5.74, 6) is 0. The van der Waals surface area contributed by atoms with Gasteiger partial charge in [0.2, 0.25) is 0 Å². The molecule has 4 heteroatoms. The molecule has 1 rings (SSSR count). The van der Waals surface area contributed by atoms with E-state index in [2.05, 4.69) is 10.7 Å². The molecule has 0 spiro atoms. The fourth-order valence-electron chi connectivity index (χ4n) is 0.977. The van der Waals surface area contributed by atoms with Crippen LogP contribution in [0.5, 0.6) is 0 Å². The third kappa shape index (κ3) is 1.99. The van der Waals surface area contributed by atoms with Gasteiger partial charge in [0.05, 0.1) is 0 Å². The summed E-state index contributed by atoms with van der Waals surface area (Å²) in [6.45, 7) is 3.57. The fraction of sp³-hybridized carbons (Fsp3) is 0.250. The quantitative estimate of drug-likeness (QED) is 0.648. The van der Waals surface area contributed by atoms with Crippen LogP contribution in [-0.4, -0.2) is 8.42 Å². The lowest BCUT2D eigenvalue weighted by Gasteiger charge is -1.98. The van der Waals surface area contributed by atoms with Gasteiger partial charge in [-0.15, -0.1) is 0 Å². The van der Waals surface area contributed by atoms with Crippen LogP contribution in [0.3, 0.4) is 0 Å². The SMILES string of the molecule is Cc1ccc(C)c(S(=O)(=O)[ClH+])c1. The van der Waals surface area contributed by atoms with Crippen LogP contribution in [0.25, 0.3) is 0 Å². The molecule has 1 aromatic carbocycles. The Balaban J connectivity index is 3.43. The van der Waals surface area contributed by atoms with Gasteiger partial charge in [-0.1, -0.05) is 12.1 Å². The van der Waals surface area contributed by atoms with E-state index in [9.17, 15) is 8.42 Å². The van der Waals surface area contributed by atoms with Crippen LogP contribution in [0.2, 0.25) is 0 Å². The van der Waals surface area contributed by atoms with Crippen molar-refractivity contribution in [2.45, 2.75) is 18.7 Å². The van der Waals surface area contributed by atoms with Gasteiger partial charge in [0, 0.05) is 0 Å². The van der Waals surface area contributed by atoms with Gasteiger partial charge in [-0.3, -0.25) is 0 Å². The minimum atomic E-state index is -3.47. The topological polar surface area (TPSA) is 34.1 Å². The number of benzene rings is 1. The molecule has 0 saturated heterocycles. The Morgan fingerprint density at radius 2 is 1.83 bits per heavy atom. The molecule has 0 radical (unpaired) electrons. The van der Waals surface area contributed by atoms with Crippen LogP contribution in [0.4, 0.5) is 0 Å². The van der Waals surface area contributed by atoms with Crippen LogP contribution < -0.4 is 0 Å². The molecule has 0 atom stereocenters. The molecule has 66 valence electrons.